The number of fused-ring (bicyclic) bond motifs is 1. The summed E-state index contributed by atoms with van der Waals surface area (Å²) in [7, 11) is 0. The van der Waals surface area contributed by atoms with E-state index in [1.54, 1.807) is 5.56 Å². The highest BCUT2D eigenvalue weighted by Gasteiger charge is 2.19. The molecule has 1 aliphatic rings. The Kier molecular flexibility index (Phi) is 3.19. The molecule has 0 aliphatic heterocycles. The molecule has 18 heavy (non-hydrogen) atoms. The summed E-state index contributed by atoms with van der Waals surface area (Å²) < 4.78 is 0. The minimum Gasteiger partial charge on any atom is -0.0985 e. The first-order valence-corrected chi connectivity index (χ1v) is 7.04. The van der Waals surface area contributed by atoms with E-state index in [2.05, 4.69) is 43.0 Å². The molecule has 0 bridgehead atoms. The Bertz CT molecular complexity index is 559. The minimum absolute atomic E-state index is 0.734. The van der Waals surface area contributed by atoms with E-state index >= 15 is 0 Å². The van der Waals surface area contributed by atoms with Crippen molar-refractivity contribution in [2.24, 2.45) is 0 Å². The van der Waals surface area contributed by atoms with Gasteiger partial charge < -0.3 is 0 Å². The van der Waals surface area contributed by atoms with Crippen LogP contribution in [0.5, 0.6) is 0 Å². The van der Waals surface area contributed by atoms with E-state index in [0.29, 0.717) is 0 Å². The lowest BCUT2D eigenvalue weighted by Gasteiger charge is -2.25. The Morgan fingerprint density at radius 3 is 2.50 bits per heavy atom. The van der Waals surface area contributed by atoms with Crippen LogP contribution in [0.15, 0.2) is 43.0 Å². The van der Waals surface area contributed by atoms with E-state index in [1.807, 2.05) is 6.08 Å². The smallest absolute Gasteiger partial charge is 0.0143 e. The van der Waals surface area contributed by atoms with E-state index in [9.17, 15) is 0 Å². The Hall–Kier alpha value is -1.56. The molecule has 3 rings (SSSR count). The Morgan fingerprint density at radius 2 is 1.72 bits per heavy atom. The predicted octanol–water partition coefficient (Wildman–Crippen LogP) is 5.53. The summed E-state index contributed by atoms with van der Waals surface area (Å²) in [6.07, 6.45) is 8.87. The average molecular weight is 236 g/mol. The molecule has 0 atom stereocenters. The first-order chi connectivity index (χ1) is 8.90. The molecule has 2 aromatic carbocycles. The van der Waals surface area contributed by atoms with Gasteiger partial charge >= 0.3 is 0 Å². The van der Waals surface area contributed by atoms with Crippen molar-refractivity contribution < 1.29 is 0 Å². The van der Waals surface area contributed by atoms with Crippen LogP contribution in [0, 0.1) is 0 Å². The lowest BCUT2D eigenvalue weighted by atomic mass is 9.80. The highest BCUT2D eigenvalue weighted by atomic mass is 14.2. The van der Waals surface area contributed by atoms with Crippen molar-refractivity contribution in [2.75, 3.05) is 0 Å². The van der Waals surface area contributed by atoms with Gasteiger partial charge in [0, 0.05) is 0 Å². The van der Waals surface area contributed by atoms with E-state index in [1.165, 1.54) is 48.4 Å². The van der Waals surface area contributed by atoms with Crippen LogP contribution in [-0.4, -0.2) is 0 Å². The number of hydrogen-bond acceptors (Lipinski definition) is 0. The zero-order valence-electron chi connectivity index (χ0n) is 10.9. The third-order valence-corrected chi connectivity index (χ3v) is 4.24. The molecule has 0 N–H and O–H groups in total. The van der Waals surface area contributed by atoms with Crippen molar-refractivity contribution in [3.8, 4) is 0 Å². The van der Waals surface area contributed by atoms with Crippen LogP contribution >= 0.6 is 0 Å². The molecule has 0 heterocycles. The quantitative estimate of drug-likeness (QED) is 0.643. The summed E-state index contributed by atoms with van der Waals surface area (Å²) in [5.74, 6) is 0.734. The third kappa shape index (κ3) is 1.96. The van der Waals surface area contributed by atoms with Crippen LogP contribution in [0.25, 0.3) is 16.8 Å². The van der Waals surface area contributed by atoms with Crippen molar-refractivity contribution >= 4 is 16.8 Å². The summed E-state index contributed by atoms with van der Waals surface area (Å²) in [6, 6.07) is 13.2. The Balaban J connectivity index is 2.19. The highest BCUT2D eigenvalue weighted by molar-refractivity contribution is 5.89. The monoisotopic (exact) mass is 236 g/mol. The third-order valence-electron chi connectivity index (χ3n) is 4.24. The molecule has 1 aliphatic carbocycles. The maximum atomic E-state index is 3.99. The van der Waals surface area contributed by atoms with Crippen LogP contribution in [0.1, 0.15) is 49.1 Å². The lowest BCUT2D eigenvalue weighted by molar-refractivity contribution is 0.445. The van der Waals surface area contributed by atoms with Gasteiger partial charge in [0.25, 0.3) is 0 Å². The van der Waals surface area contributed by atoms with Crippen LogP contribution in [0.3, 0.4) is 0 Å². The van der Waals surface area contributed by atoms with Crippen LogP contribution in [0.2, 0.25) is 0 Å². The summed E-state index contributed by atoms with van der Waals surface area (Å²) in [4.78, 5) is 0. The van der Waals surface area contributed by atoms with Crippen molar-refractivity contribution in [3.63, 3.8) is 0 Å². The lowest BCUT2D eigenvalue weighted by Crippen LogP contribution is -2.06. The maximum Gasteiger partial charge on any atom is -0.0143 e. The van der Waals surface area contributed by atoms with Crippen molar-refractivity contribution in [3.05, 3.63) is 54.1 Å². The molecule has 0 nitrogen and oxygen atoms in total. The summed E-state index contributed by atoms with van der Waals surface area (Å²) in [5, 5.41) is 2.80. The van der Waals surface area contributed by atoms with Gasteiger partial charge in [-0.05, 0) is 40.7 Å². The zero-order chi connectivity index (χ0) is 12.4. The molecule has 0 aromatic heterocycles. The SMILES string of the molecule is C=Cc1ccc2ccccc2c1C1CCCCC1. The molecule has 0 heteroatoms. The van der Waals surface area contributed by atoms with Gasteiger partial charge in [-0.1, -0.05) is 68.3 Å². The van der Waals surface area contributed by atoms with E-state index in [4.69, 9.17) is 0 Å². The number of rotatable bonds is 2. The fourth-order valence-corrected chi connectivity index (χ4v) is 3.34. The highest BCUT2D eigenvalue weighted by Crippen LogP contribution is 2.38. The standard InChI is InChI=1S/C18H20/c1-2-14-12-13-15-8-6-7-11-17(15)18(14)16-9-4-3-5-10-16/h2,6-8,11-13,16H,1,3-5,9-10H2. The Labute approximate surface area is 109 Å². The van der Waals surface area contributed by atoms with Crippen LogP contribution in [-0.2, 0) is 0 Å². The predicted molar refractivity (Wildman–Crippen MR) is 79.9 cm³/mol. The van der Waals surface area contributed by atoms with Gasteiger partial charge in [0.05, 0.1) is 0 Å². The van der Waals surface area contributed by atoms with Gasteiger partial charge in [0.15, 0.2) is 0 Å². The van der Waals surface area contributed by atoms with E-state index < -0.39 is 0 Å². The second-order valence-corrected chi connectivity index (χ2v) is 5.33. The maximum absolute atomic E-state index is 3.99. The van der Waals surface area contributed by atoms with E-state index in [-0.39, 0.29) is 0 Å². The minimum atomic E-state index is 0.734. The number of hydrogen-bond donors (Lipinski definition) is 0. The second kappa shape index (κ2) is 4.97. The van der Waals surface area contributed by atoms with Crippen LogP contribution < -0.4 is 0 Å². The van der Waals surface area contributed by atoms with Crippen molar-refractivity contribution in [2.45, 2.75) is 38.0 Å². The molecular formula is C18H20. The number of benzene rings is 2. The van der Waals surface area contributed by atoms with Gasteiger partial charge in [0.1, 0.15) is 0 Å². The van der Waals surface area contributed by atoms with Crippen molar-refractivity contribution in [1.29, 1.82) is 0 Å². The molecule has 1 fully saturated rings. The summed E-state index contributed by atoms with van der Waals surface area (Å²) >= 11 is 0. The first-order valence-electron chi connectivity index (χ1n) is 7.04. The molecule has 2 aromatic rings. The van der Waals surface area contributed by atoms with Gasteiger partial charge in [-0.25, -0.2) is 0 Å². The van der Waals surface area contributed by atoms with Gasteiger partial charge in [-0.2, -0.15) is 0 Å². The molecule has 0 unspecified atom stereocenters. The fraction of sp³-hybridized carbons (Fsp3) is 0.333. The molecule has 0 radical (unpaired) electrons. The average Bonchev–Trinajstić information content (AvgIpc) is 2.47. The van der Waals surface area contributed by atoms with Gasteiger partial charge in [-0.15, -0.1) is 0 Å². The topological polar surface area (TPSA) is 0 Å². The summed E-state index contributed by atoms with van der Waals surface area (Å²) in [5.41, 5.74) is 2.88. The van der Waals surface area contributed by atoms with Gasteiger partial charge in [-0.3, -0.25) is 0 Å². The zero-order valence-corrected chi connectivity index (χ0v) is 10.9. The first kappa shape index (κ1) is 11.5. The molecule has 0 saturated heterocycles. The molecular weight excluding hydrogens is 216 g/mol. The fourth-order valence-electron chi connectivity index (χ4n) is 3.34. The second-order valence-electron chi connectivity index (χ2n) is 5.33. The van der Waals surface area contributed by atoms with Gasteiger partial charge in [0.2, 0.25) is 0 Å². The largest absolute Gasteiger partial charge is 0.0985 e. The molecule has 1 saturated carbocycles. The molecule has 92 valence electrons. The van der Waals surface area contributed by atoms with E-state index in [0.717, 1.165) is 5.92 Å². The molecule has 0 amide bonds. The molecule has 0 spiro atoms. The normalized spacial score (nSPS) is 16.9. The summed E-state index contributed by atoms with van der Waals surface area (Å²) in [6.45, 7) is 3.99. The van der Waals surface area contributed by atoms with Crippen LogP contribution in [0.4, 0.5) is 0 Å². The van der Waals surface area contributed by atoms with Crippen molar-refractivity contribution in [1.82, 2.24) is 0 Å². The Morgan fingerprint density at radius 1 is 0.944 bits per heavy atom.